The van der Waals surface area contributed by atoms with E-state index in [2.05, 4.69) is 23.6 Å². The summed E-state index contributed by atoms with van der Waals surface area (Å²) in [6.45, 7) is 6.38. The van der Waals surface area contributed by atoms with Gasteiger partial charge in [-0.3, -0.25) is 9.59 Å². The summed E-state index contributed by atoms with van der Waals surface area (Å²) >= 11 is 0. The molecule has 1 amide bonds. The van der Waals surface area contributed by atoms with Gasteiger partial charge in [0.05, 0.1) is 19.8 Å². The first kappa shape index (κ1) is 37.4. The molecular formula is C33H57ClN2O5. The molecule has 0 radical (unpaired) electrons. The number of piperidine rings is 1. The number of nitrogens with one attached hydrogen (secondary N) is 2. The number of unbranched alkanes of at least 4 members (excludes halogenated alkanes) is 10. The lowest BCUT2D eigenvalue weighted by Crippen LogP contribution is -2.36. The molecule has 41 heavy (non-hydrogen) atoms. The molecule has 1 aromatic rings. The number of carbonyl (C=O) groups excluding carboxylic acids is 2. The number of benzene rings is 1. The Morgan fingerprint density at radius 1 is 0.927 bits per heavy atom. The second kappa shape index (κ2) is 24.9. The molecule has 1 unspecified atom stereocenters. The fraction of sp³-hybridized carbons (Fsp3) is 0.758. The summed E-state index contributed by atoms with van der Waals surface area (Å²) in [4.78, 5) is 24.3. The number of hydrogen-bond acceptors (Lipinski definition) is 6. The molecule has 1 aliphatic rings. The highest BCUT2D eigenvalue weighted by atomic mass is 35.5. The number of esters is 1. The van der Waals surface area contributed by atoms with Gasteiger partial charge in [0.2, 0.25) is 0 Å². The Kier molecular flexibility index (Phi) is 22.7. The Morgan fingerprint density at radius 3 is 2.27 bits per heavy atom. The maximum absolute atomic E-state index is 13.0. The van der Waals surface area contributed by atoms with Gasteiger partial charge in [0.1, 0.15) is 0 Å². The van der Waals surface area contributed by atoms with E-state index in [-0.39, 0.29) is 30.4 Å². The third-order valence-corrected chi connectivity index (χ3v) is 7.75. The summed E-state index contributed by atoms with van der Waals surface area (Å²) in [6, 6.07) is 8.06. The van der Waals surface area contributed by atoms with Gasteiger partial charge in [-0.2, -0.15) is 0 Å². The zero-order valence-corrected chi connectivity index (χ0v) is 26.6. The molecular weight excluding hydrogens is 540 g/mol. The van der Waals surface area contributed by atoms with Crippen LogP contribution in [0.4, 0.5) is 0 Å². The minimum absolute atomic E-state index is 0. The normalized spacial score (nSPS) is 14.3. The van der Waals surface area contributed by atoms with Gasteiger partial charge in [-0.1, -0.05) is 76.8 Å². The molecule has 0 aromatic heterocycles. The molecule has 7 nitrogen and oxygen atoms in total. The summed E-state index contributed by atoms with van der Waals surface area (Å²) < 4.78 is 16.7. The Hall–Kier alpha value is -1.67. The van der Waals surface area contributed by atoms with Gasteiger partial charge in [-0.25, -0.2) is 0 Å². The first-order valence-corrected chi connectivity index (χ1v) is 16.0. The van der Waals surface area contributed by atoms with Crippen molar-refractivity contribution in [3.05, 3.63) is 35.4 Å². The van der Waals surface area contributed by atoms with E-state index in [9.17, 15) is 9.59 Å². The van der Waals surface area contributed by atoms with Crippen molar-refractivity contribution in [2.24, 2.45) is 0 Å². The smallest absolute Gasteiger partial charge is 0.305 e. The molecule has 1 saturated heterocycles. The fourth-order valence-electron chi connectivity index (χ4n) is 5.19. The number of methoxy groups -OCH3 is 1. The van der Waals surface area contributed by atoms with Gasteiger partial charge in [0, 0.05) is 31.7 Å². The van der Waals surface area contributed by atoms with E-state index in [4.69, 9.17) is 14.2 Å². The van der Waals surface area contributed by atoms with E-state index in [1.807, 2.05) is 18.2 Å². The number of rotatable bonds is 23. The van der Waals surface area contributed by atoms with Crippen molar-refractivity contribution in [3.8, 4) is 0 Å². The second-order valence-electron chi connectivity index (χ2n) is 11.1. The third kappa shape index (κ3) is 17.8. The van der Waals surface area contributed by atoms with Crippen LogP contribution in [-0.4, -0.2) is 64.5 Å². The molecule has 1 atom stereocenters. The largest absolute Gasteiger partial charge is 0.469 e. The average molecular weight is 597 g/mol. The number of amides is 1. The number of carbonyl (C=O) groups is 2. The van der Waals surface area contributed by atoms with Gasteiger partial charge in [-0.15, -0.1) is 12.4 Å². The number of halogens is 1. The first-order chi connectivity index (χ1) is 19.6. The van der Waals surface area contributed by atoms with Crippen molar-refractivity contribution in [2.45, 2.75) is 115 Å². The van der Waals surface area contributed by atoms with Crippen LogP contribution in [0.1, 0.15) is 125 Å². The quantitative estimate of drug-likeness (QED) is 0.105. The zero-order valence-electron chi connectivity index (χ0n) is 25.8. The molecule has 236 valence electrons. The van der Waals surface area contributed by atoms with Crippen LogP contribution >= 0.6 is 12.4 Å². The van der Waals surface area contributed by atoms with Crippen molar-refractivity contribution in [3.63, 3.8) is 0 Å². The van der Waals surface area contributed by atoms with Crippen LogP contribution in [0.15, 0.2) is 24.3 Å². The maximum atomic E-state index is 13.0. The minimum atomic E-state index is -0.198. The molecule has 1 aromatic carbocycles. The Bertz CT molecular complexity index is 804. The molecule has 8 heteroatoms. The molecule has 2 N–H and O–H groups in total. The van der Waals surface area contributed by atoms with Crippen molar-refractivity contribution in [2.75, 3.05) is 46.6 Å². The lowest BCUT2D eigenvalue weighted by atomic mass is 9.89. The predicted octanol–water partition coefficient (Wildman–Crippen LogP) is 6.97. The van der Waals surface area contributed by atoms with Gasteiger partial charge in [0.25, 0.3) is 5.91 Å². The Labute approximate surface area is 255 Å². The third-order valence-electron chi connectivity index (χ3n) is 7.75. The standard InChI is InChI=1S/C33H56N2O5.ClH/c1-3-4-5-6-7-8-9-10-11-13-24-40-31(27-39-23-14-12-18-32(36)38-2)26-35-33(37)30-17-15-16-29(25-30)28-19-21-34-22-20-28;/h15-17,25,28,31,34H,3-14,18-24,26-27H2,1-2H3,(H,35,37);1H. The Morgan fingerprint density at radius 2 is 1.59 bits per heavy atom. The Balaban J connectivity index is 0.00000840. The van der Waals surface area contributed by atoms with Crippen LogP contribution in [0.5, 0.6) is 0 Å². The number of hydrogen-bond donors (Lipinski definition) is 2. The highest BCUT2D eigenvalue weighted by Crippen LogP contribution is 2.25. The molecule has 0 aliphatic carbocycles. The molecule has 0 saturated carbocycles. The monoisotopic (exact) mass is 596 g/mol. The molecule has 1 aliphatic heterocycles. The van der Waals surface area contributed by atoms with Crippen LogP contribution in [0, 0.1) is 0 Å². The number of ether oxygens (including phenoxy) is 3. The van der Waals surface area contributed by atoms with Crippen LogP contribution in [0.2, 0.25) is 0 Å². The summed E-state index contributed by atoms with van der Waals surface area (Å²) in [5, 5.41) is 6.48. The van der Waals surface area contributed by atoms with Crippen LogP contribution in [-0.2, 0) is 19.0 Å². The van der Waals surface area contributed by atoms with Crippen molar-refractivity contribution in [1.29, 1.82) is 0 Å². The SMILES string of the molecule is CCCCCCCCCCCCOC(CNC(=O)c1cccc(C2CCNCC2)c1)COCCCCC(=O)OC.Cl. The van der Waals surface area contributed by atoms with Crippen molar-refractivity contribution >= 4 is 24.3 Å². The van der Waals surface area contributed by atoms with Crippen LogP contribution in [0.25, 0.3) is 0 Å². The summed E-state index contributed by atoms with van der Waals surface area (Å²) in [5.74, 6) is 0.254. The van der Waals surface area contributed by atoms with Gasteiger partial charge >= 0.3 is 5.97 Å². The van der Waals surface area contributed by atoms with Gasteiger partial charge in [0.15, 0.2) is 0 Å². The van der Waals surface area contributed by atoms with E-state index in [1.54, 1.807) is 0 Å². The van der Waals surface area contributed by atoms with Crippen LogP contribution in [0.3, 0.4) is 0 Å². The van der Waals surface area contributed by atoms with Gasteiger partial charge in [-0.05, 0) is 68.8 Å². The predicted molar refractivity (Wildman–Crippen MR) is 169 cm³/mol. The lowest BCUT2D eigenvalue weighted by molar-refractivity contribution is -0.140. The van der Waals surface area contributed by atoms with E-state index in [0.29, 0.717) is 44.3 Å². The fourth-order valence-corrected chi connectivity index (χ4v) is 5.19. The minimum Gasteiger partial charge on any atom is -0.469 e. The topological polar surface area (TPSA) is 85.9 Å². The van der Waals surface area contributed by atoms with Gasteiger partial charge < -0.3 is 24.8 Å². The van der Waals surface area contributed by atoms with Crippen molar-refractivity contribution in [1.82, 2.24) is 10.6 Å². The van der Waals surface area contributed by atoms with Crippen molar-refractivity contribution < 1.29 is 23.8 Å². The molecule has 2 rings (SSSR count). The van der Waals surface area contributed by atoms with E-state index >= 15 is 0 Å². The van der Waals surface area contributed by atoms with E-state index in [0.717, 1.165) is 45.2 Å². The zero-order chi connectivity index (χ0) is 28.7. The lowest BCUT2D eigenvalue weighted by Gasteiger charge is -2.23. The molecule has 1 heterocycles. The summed E-state index contributed by atoms with van der Waals surface area (Å²) in [6.07, 6.45) is 16.8. The molecule has 0 bridgehead atoms. The second-order valence-corrected chi connectivity index (χ2v) is 11.1. The maximum Gasteiger partial charge on any atom is 0.305 e. The molecule has 1 fully saturated rings. The van der Waals surface area contributed by atoms with E-state index < -0.39 is 0 Å². The highest BCUT2D eigenvalue weighted by molar-refractivity contribution is 5.94. The van der Waals surface area contributed by atoms with E-state index in [1.165, 1.54) is 70.5 Å². The average Bonchev–Trinajstić information content (AvgIpc) is 3.00. The highest BCUT2D eigenvalue weighted by Gasteiger charge is 2.17. The molecule has 0 spiro atoms. The summed E-state index contributed by atoms with van der Waals surface area (Å²) in [7, 11) is 1.41. The first-order valence-electron chi connectivity index (χ1n) is 16.0. The summed E-state index contributed by atoms with van der Waals surface area (Å²) in [5.41, 5.74) is 1.95. The van der Waals surface area contributed by atoms with Crippen LogP contribution < -0.4 is 10.6 Å².